The van der Waals surface area contributed by atoms with E-state index in [0.29, 0.717) is 33.7 Å². The number of amides is 2. The molecule has 1 fully saturated rings. The molecule has 2 aromatic carbocycles. The molecule has 36 heavy (non-hydrogen) atoms. The number of furan rings is 1. The number of carbonyl (C=O) groups is 2. The molecule has 1 saturated heterocycles. The molecule has 2 N–H and O–H groups in total. The Bertz CT molecular complexity index is 1200. The van der Waals surface area contributed by atoms with Crippen LogP contribution in [0.2, 0.25) is 10.0 Å². The van der Waals surface area contributed by atoms with Crippen LogP contribution in [0, 0.1) is 0 Å². The first kappa shape index (κ1) is 26.0. The van der Waals surface area contributed by atoms with E-state index >= 15 is 0 Å². The highest BCUT2D eigenvalue weighted by atomic mass is 35.5. The molecular formula is C27H27Cl2N3O4. The average Bonchev–Trinajstić information content (AvgIpc) is 3.36. The van der Waals surface area contributed by atoms with Crippen molar-refractivity contribution in [2.24, 2.45) is 0 Å². The van der Waals surface area contributed by atoms with Crippen molar-refractivity contribution in [2.45, 2.75) is 6.42 Å². The standard InChI is InChI=1S/C27H27Cl2N3O4/c28-21-6-2-19(3-7-21)25-11-10-23(36-25)18-24(31-26(33)20-4-8-22(29)9-5-20)27(34)30-12-1-13-32-14-16-35-17-15-32/h2-11,18H,1,12-17H2,(H,30,34)(H,31,33). The van der Waals surface area contributed by atoms with Gasteiger partial charge in [-0.3, -0.25) is 14.5 Å². The van der Waals surface area contributed by atoms with Crippen LogP contribution in [0.25, 0.3) is 17.4 Å². The van der Waals surface area contributed by atoms with Crippen LogP contribution in [0.1, 0.15) is 22.5 Å². The van der Waals surface area contributed by atoms with Crippen molar-refractivity contribution in [3.8, 4) is 11.3 Å². The van der Waals surface area contributed by atoms with Crippen LogP contribution in [-0.4, -0.2) is 56.1 Å². The van der Waals surface area contributed by atoms with Gasteiger partial charge in [0, 0.05) is 46.9 Å². The van der Waals surface area contributed by atoms with Gasteiger partial charge in [-0.25, -0.2) is 0 Å². The van der Waals surface area contributed by atoms with Crippen LogP contribution >= 0.6 is 23.2 Å². The van der Waals surface area contributed by atoms with Gasteiger partial charge in [0.15, 0.2) is 0 Å². The van der Waals surface area contributed by atoms with Crippen LogP contribution in [-0.2, 0) is 9.53 Å². The topological polar surface area (TPSA) is 83.8 Å². The van der Waals surface area contributed by atoms with Gasteiger partial charge in [0.2, 0.25) is 0 Å². The summed E-state index contributed by atoms with van der Waals surface area (Å²) in [5, 5.41) is 6.75. The Morgan fingerprint density at radius 2 is 1.58 bits per heavy atom. The second-order valence-corrected chi connectivity index (χ2v) is 9.16. The molecule has 0 spiro atoms. The number of hydrogen-bond donors (Lipinski definition) is 2. The zero-order chi connectivity index (χ0) is 25.3. The van der Waals surface area contributed by atoms with Crippen molar-refractivity contribution in [3.05, 3.63) is 87.7 Å². The highest BCUT2D eigenvalue weighted by molar-refractivity contribution is 6.31. The fourth-order valence-electron chi connectivity index (χ4n) is 3.72. The summed E-state index contributed by atoms with van der Waals surface area (Å²) < 4.78 is 11.3. The highest BCUT2D eigenvalue weighted by Crippen LogP contribution is 2.25. The van der Waals surface area contributed by atoms with Crippen molar-refractivity contribution in [2.75, 3.05) is 39.4 Å². The van der Waals surface area contributed by atoms with Crippen molar-refractivity contribution in [1.82, 2.24) is 15.5 Å². The summed E-state index contributed by atoms with van der Waals surface area (Å²) >= 11 is 11.9. The molecule has 1 aliphatic heterocycles. The first-order valence-corrected chi connectivity index (χ1v) is 12.5. The SMILES string of the molecule is O=C(NCCCN1CCOCC1)C(=Cc1ccc(-c2ccc(Cl)cc2)o1)NC(=O)c1ccc(Cl)cc1. The van der Waals surface area contributed by atoms with E-state index in [9.17, 15) is 9.59 Å². The molecule has 188 valence electrons. The maximum absolute atomic E-state index is 13.0. The number of rotatable bonds is 9. The molecular weight excluding hydrogens is 501 g/mol. The smallest absolute Gasteiger partial charge is 0.267 e. The summed E-state index contributed by atoms with van der Waals surface area (Å²) in [5.41, 5.74) is 1.31. The van der Waals surface area contributed by atoms with E-state index in [1.807, 2.05) is 12.1 Å². The van der Waals surface area contributed by atoms with Gasteiger partial charge in [-0.2, -0.15) is 0 Å². The summed E-state index contributed by atoms with van der Waals surface area (Å²) in [4.78, 5) is 28.1. The van der Waals surface area contributed by atoms with E-state index < -0.39 is 11.8 Å². The molecule has 9 heteroatoms. The van der Waals surface area contributed by atoms with Crippen molar-refractivity contribution in [3.63, 3.8) is 0 Å². The van der Waals surface area contributed by atoms with Gasteiger partial charge in [0.25, 0.3) is 11.8 Å². The van der Waals surface area contributed by atoms with Crippen LogP contribution in [0.5, 0.6) is 0 Å². The number of halogens is 2. The monoisotopic (exact) mass is 527 g/mol. The van der Waals surface area contributed by atoms with Gasteiger partial charge in [-0.1, -0.05) is 23.2 Å². The first-order chi connectivity index (χ1) is 17.5. The summed E-state index contributed by atoms with van der Waals surface area (Å²) in [7, 11) is 0. The fraction of sp³-hybridized carbons (Fsp3) is 0.259. The summed E-state index contributed by atoms with van der Waals surface area (Å²) in [6.07, 6.45) is 2.30. The molecule has 7 nitrogen and oxygen atoms in total. The van der Waals surface area contributed by atoms with Crippen LogP contribution in [0.3, 0.4) is 0 Å². The zero-order valence-electron chi connectivity index (χ0n) is 19.6. The maximum Gasteiger partial charge on any atom is 0.267 e. The van der Waals surface area contributed by atoms with Gasteiger partial charge in [-0.15, -0.1) is 0 Å². The van der Waals surface area contributed by atoms with Gasteiger partial charge >= 0.3 is 0 Å². The third kappa shape index (κ3) is 7.45. The van der Waals surface area contributed by atoms with Gasteiger partial charge in [0.05, 0.1) is 13.2 Å². The van der Waals surface area contributed by atoms with Crippen LogP contribution in [0.4, 0.5) is 0 Å². The number of hydrogen-bond acceptors (Lipinski definition) is 5. The van der Waals surface area contributed by atoms with E-state index in [2.05, 4.69) is 15.5 Å². The molecule has 0 aliphatic carbocycles. The van der Waals surface area contributed by atoms with E-state index in [0.717, 1.165) is 44.8 Å². The van der Waals surface area contributed by atoms with Gasteiger partial charge in [-0.05, 0) is 73.6 Å². The first-order valence-electron chi connectivity index (χ1n) is 11.7. The Hall–Kier alpha value is -3.10. The quantitative estimate of drug-likeness (QED) is 0.306. The van der Waals surface area contributed by atoms with Crippen LogP contribution in [0.15, 0.2) is 70.8 Å². The number of nitrogens with zero attached hydrogens (tertiary/aromatic N) is 1. The van der Waals surface area contributed by atoms with Crippen molar-refractivity contribution >= 4 is 41.1 Å². The number of morpholine rings is 1. The minimum absolute atomic E-state index is 0.0818. The molecule has 0 saturated carbocycles. The molecule has 0 atom stereocenters. The molecule has 2 heterocycles. The third-order valence-corrected chi connectivity index (χ3v) is 6.19. The lowest BCUT2D eigenvalue weighted by Gasteiger charge is -2.26. The fourth-order valence-corrected chi connectivity index (χ4v) is 3.97. The molecule has 1 aliphatic rings. The summed E-state index contributed by atoms with van der Waals surface area (Å²) in [6, 6.07) is 17.2. The number of carbonyl (C=O) groups excluding carboxylic acids is 2. The molecule has 4 rings (SSSR count). The van der Waals surface area contributed by atoms with Crippen molar-refractivity contribution < 1.29 is 18.7 Å². The second kappa shape index (κ2) is 12.7. The summed E-state index contributed by atoms with van der Waals surface area (Å²) in [5.74, 6) is 0.219. The lowest BCUT2D eigenvalue weighted by atomic mass is 10.2. The Kier molecular flexibility index (Phi) is 9.19. The Morgan fingerprint density at radius 3 is 2.28 bits per heavy atom. The maximum atomic E-state index is 13.0. The Labute approximate surface area is 220 Å². The van der Waals surface area contributed by atoms with Crippen LogP contribution < -0.4 is 10.6 Å². The molecule has 0 unspecified atom stereocenters. The molecule has 1 aromatic heterocycles. The van der Waals surface area contributed by atoms with E-state index in [-0.39, 0.29) is 5.70 Å². The zero-order valence-corrected chi connectivity index (χ0v) is 21.1. The van der Waals surface area contributed by atoms with E-state index in [4.69, 9.17) is 32.4 Å². The van der Waals surface area contributed by atoms with Gasteiger partial charge in [0.1, 0.15) is 17.2 Å². The van der Waals surface area contributed by atoms with Gasteiger partial charge < -0.3 is 19.8 Å². The summed E-state index contributed by atoms with van der Waals surface area (Å²) in [6.45, 7) is 4.59. The third-order valence-electron chi connectivity index (χ3n) is 5.68. The number of nitrogens with one attached hydrogen (secondary N) is 2. The lowest BCUT2D eigenvalue weighted by Crippen LogP contribution is -2.39. The molecule has 0 bridgehead atoms. The second-order valence-electron chi connectivity index (χ2n) is 8.29. The van der Waals surface area contributed by atoms with E-state index in [1.54, 1.807) is 48.5 Å². The molecule has 0 radical (unpaired) electrons. The molecule has 2 amide bonds. The number of ether oxygens (including phenoxy) is 1. The average molecular weight is 528 g/mol. The minimum atomic E-state index is -0.425. The Balaban J connectivity index is 1.46. The normalized spacial score (nSPS) is 14.4. The lowest BCUT2D eigenvalue weighted by molar-refractivity contribution is -0.117. The number of benzene rings is 2. The van der Waals surface area contributed by atoms with Crippen molar-refractivity contribution in [1.29, 1.82) is 0 Å². The predicted molar refractivity (Wildman–Crippen MR) is 141 cm³/mol. The largest absolute Gasteiger partial charge is 0.457 e. The highest BCUT2D eigenvalue weighted by Gasteiger charge is 2.16. The van der Waals surface area contributed by atoms with E-state index in [1.165, 1.54) is 6.08 Å². The molecule has 3 aromatic rings. The predicted octanol–water partition coefficient (Wildman–Crippen LogP) is 4.86. The minimum Gasteiger partial charge on any atom is -0.457 e. The Morgan fingerprint density at radius 1 is 0.917 bits per heavy atom.